The quantitative estimate of drug-likeness (QED) is 0.595. The molecule has 0 fully saturated rings. The maximum atomic E-state index is 13.0. The molecule has 0 radical (unpaired) electrons. The summed E-state index contributed by atoms with van der Waals surface area (Å²) >= 11 is 1.48. The molecule has 0 saturated heterocycles. The Hall–Kier alpha value is -2.80. The van der Waals surface area contributed by atoms with Crippen molar-refractivity contribution in [3.05, 3.63) is 70.5 Å². The van der Waals surface area contributed by atoms with Crippen LogP contribution in [-0.4, -0.2) is 16.1 Å². The van der Waals surface area contributed by atoms with Gasteiger partial charge < -0.3 is 10.6 Å². The van der Waals surface area contributed by atoms with Gasteiger partial charge in [-0.15, -0.1) is 10.2 Å². The molecule has 0 spiro atoms. The number of anilines is 2. The van der Waals surface area contributed by atoms with Crippen LogP contribution in [0, 0.1) is 5.82 Å². The highest BCUT2D eigenvalue weighted by molar-refractivity contribution is 7.15. The Morgan fingerprint density at radius 1 is 1.04 bits per heavy atom. The third-order valence-electron chi connectivity index (χ3n) is 3.89. The second kappa shape index (κ2) is 9.23. The number of hydrogen-bond donors (Lipinski definition) is 2. The number of amides is 1. The van der Waals surface area contributed by atoms with Gasteiger partial charge in [0.1, 0.15) is 10.8 Å². The predicted octanol–water partition coefficient (Wildman–Crippen LogP) is 4.62. The molecule has 0 bridgehead atoms. The molecule has 3 rings (SSSR count). The van der Waals surface area contributed by atoms with Gasteiger partial charge in [0, 0.05) is 25.1 Å². The molecule has 0 aliphatic heterocycles. The van der Waals surface area contributed by atoms with Crippen molar-refractivity contribution in [2.75, 3.05) is 10.6 Å². The highest BCUT2D eigenvalue weighted by atomic mass is 32.1. The number of carbonyl (C=O) groups is 1. The zero-order chi connectivity index (χ0) is 19.1. The number of rotatable bonds is 8. The Kier molecular flexibility index (Phi) is 6.49. The van der Waals surface area contributed by atoms with Gasteiger partial charge in [0.05, 0.1) is 0 Å². The molecule has 0 atom stereocenters. The first-order chi connectivity index (χ1) is 13.1. The normalized spacial score (nSPS) is 10.6. The summed E-state index contributed by atoms with van der Waals surface area (Å²) in [5.41, 5.74) is 2.88. The maximum Gasteiger partial charge on any atom is 0.224 e. The van der Waals surface area contributed by atoms with Crippen LogP contribution in [0.25, 0.3) is 0 Å². The van der Waals surface area contributed by atoms with Crippen molar-refractivity contribution in [2.24, 2.45) is 0 Å². The van der Waals surface area contributed by atoms with E-state index in [1.165, 1.54) is 23.5 Å². The van der Waals surface area contributed by atoms with E-state index in [-0.39, 0.29) is 11.7 Å². The van der Waals surface area contributed by atoms with E-state index >= 15 is 0 Å². The highest BCUT2D eigenvalue weighted by Crippen LogP contribution is 2.20. The fourth-order valence-corrected chi connectivity index (χ4v) is 3.28. The van der Waals surface area contributed by atoms with E-state index in [9.17, 15) is 9.18 Å². The van der Waals surface area contributed by atoms with Crippen molar-refractivity contribution in [3.8, 4) is 0 Å². The molecule has 0 unspecified atom stereocenters. The Labute approximate surface area is 161 Å². The predicted molar refractivity (Wildman–Crippen MR) is 106 cm³/mol. The summed E-state index contributed by atoms with van der Waals surface area (Å²) in [7, 11) is 0. The maximum absolute atomic E-state index is 13.0. The van der Waals surface area contributed by atoms with E-state index in [1.54, 1.807) is 12.1 Å². The summed E-state index contributed by atoms with van der Waals surface area (Å²) in [6.45, 7) is 2.60. The van der Waals surface area contributed by atoms with Gasteiger partial charge in [0.15, 0.2) is 0 Å². The van der Waals surface area contributed by atoms with Crippen LogP contribution < -0.4 is 10.6 Å². The van der Waals surface area contributed by atoms with E-state index in [4.69, 9.17) is 0 Å². The van der Waals surface area contributed by atoms with Crippen LogP contribution in [0.4, 0.5) is 15.2 Å². The van der Waals surface area contributed by atoms with Crippen molar-refractivity contribution in [2.45, 2.75) is 32.7 Å². The average Bonchev–Trinajstić information content (AvgIpc) is 3.11. The SMILES string of the molecule is CCCC(=O)Nc1ccc(CNc2nnc(Cc3ccc(F)cc3)s2)cc1. The largest absolute Gasteiger partial charge is 0.356 e. The van der Waals surface area contributed by atoms with E-state index in [1.807, 2.05) is 31.2 Å². The molecule has 1 aromatic heterocycles. The van der Waals surface area contributed by atoms with E-state index in [2.05, 4.69) is 20.8 Å². The van der Waals surface area contributed by atoms with Crippen LogP contribution in [0.5, 0.6) is 0 Å². The molecule has 0 aliphatic rings. The molecule has 5 nitrogen and oxygen atoms in total. The number of benzene rings is 2. The fourth-order valence-electron chi connectivity index (χ4n) is 2.51. The highest BCUT2D eigenvalue weighted by Gasteiger charge is 2.06. The summed E-state index contributed by atoms with van der Waals surface area (Å²) in [5.74, 6) is -0.208. The summed E-state index contributed by atoms with van der Waals surface area (Å²) < 4.78 is 13.0. The van der Waals surface area contributed by atoms with Crippen LogP contribution in [0.3, 0.4) is 0 Å². The smallest absolute Gasteiger partial charge is 0.224 e. The van der Waals surface area contributed by atoms with E-state index < -0.39 is 0 Å². The van der Waals surface area contributed by atoms with Crippen molar-refractivity contribution >= 4 is 28.1 Å². The molecule has 2 aromatic carbocycles. The van der Waals surface area contributed by atoms with Crippen LogP contribution in [0.1, 0.15) is 35.9 Å². The zero-order valence-electron chi connectivity index (χ0n) is 15.0. The summed E-state index contributed by atoms with van der Waals surface area (Å²) in [5, 5.41) is 16.1. The van der Waals surface area contributed by atoms with E-state index in [0.29, 0.717) is 19.4 Å². The van der Waals surface area contributed by atoms with Gasteiger partial charge in [-0.25, -0.2) is 4.39 Å². The first-order valence-corrected chi connectivity index (χ1v) is 9.63. The number of carbonyl (C=O) groups excluding carboxylic acids is 1. The lowest BCUT2D eigenvalue weighted by Gasteiger charge is -2.06. The monoisotopic (exact) mass is 384 g/mol. The number of nitrogens with zero attached hydrogens (tertiary/aromatic N) is 2. The van der Waals surface area contributed by atoms with Gasteiger partial charge in [-0.3, -0.25) is 4.79 Å². The van der Waals surface area contributed by atoms with Crippen molar-refractivity contribution in [1.29, 1.82) is 0 Å². The third-order valence-corrected chi connectivity index (χ3v) is 4.77. The van der Waals surface area contributed by atoms with Gasteiger partial charge in [-0.05, 0) is 41.8 Å². The topological polar surface area (TPSA) is 66.9 Å². The Morgan fingerprint density at radius 3 is 2.44 bits per heavy atom. The number of hydrogen-bond acceptors (Lipinski definition) is 5. The summed E-state index contributed by atoms with van der Waals surface area (Å²) in [4.78, 5) is 11.6. The van der Waals surface area contributed by atoms with Crippen LogP contribution in [0.2, 0.25) is 0 Å². The fraction of sp³-hybridized carbons (Fsp3) is 0.250. The van der Waals surface area contributed by atoms with Crippen molar-refractivity contribution in [3.63, 3.8) is 0 Å². The molecule has 3 aromatic rings. The molecular weight excluding hydrogens is 363 g/mol. The van der Waals surface area contributed by atoms with Crippen LogP contribution in [0.15, 0.2) is 48.5 Å². The number of nitrogens with one attached hydrogen (secondary N) is 2. The Bertz CT molecular complexity index is 878. The minimum absolute atomic E-state index is 0.0333. The minimum atomic E-state index is -0.241. The lowest BCUT2D eigenvalue weighted by atomic mass is 10.2. The molecule has 27 heavy (non-hydrogen) atoms. The molecule has 1 heterocycles. The summed E-state index contributed by atoms with van der Waals surface area (Å²) in [6, 6.07) is 14.1. The molecule has 0 aliphatic carbocycles. The Balaban J connectivity index is 1.50. The standard InChI is InChI=1S/C20H21FN4OS/c1-2-3-18(26)23-17-10-6-15(7-11-17)13-22-20-25-24-19(27-20)12-14-4-8-16(21)9-5-14/h4-11H,2-3,12-13H2,1H3,(H,22,25)(H,23,26). The first-order valence-electron chi connectivity index (χ1n) is 8.82. The van der Waals surface area contributed by atoms with Gasteiger partial charge >= 0.3 is 0 Å². The number of halogens is 1. The molecule has 2 N–H and O–H groups in total. The minimum Gasteiger partial charge on any atom is -0.356 e. The third kappa shape index (κ3) is 5.86. The van der Waals surface area contributed by atoms with Gasteiger partial charge in [-0.2, -0.15) is 0 Å². The van der Waals surface area contributed by atoms with Gasteiger partial charge in [0.2, 0.25) is 11.0 Å². The average molecular weight is 384 g/mol. The first kappa shape index (κ1) is 19.0. The van der Waals surface area contributed by atoms with Gasteiger partial charge in [-0.1, -0.05) is 42.5 Å². The molecular formula is C20H21FN4OS. The number of aromatic nitrogens is 2. The lowest BCUT2D eigenvalue weighted by molar-refractivity contribution is -0.116. The zero-order valence-corrected chi connectivity index (χ0v) is 15.9. The van der Waals surface area contributed by atoms with E-state index in [0.717, 1.165) is 33.4 Å². The molecule has 0 saturated carbocycles. The molecule has 140 valence electrons. The summed E-state index contributed by atoms with van der Waals surface area (Å²) in [6.07, 6.45) is 1.99. The van der Waals surface area contributed by atoms with Crippen molar-refractivity contribution in [1.82, 2.24) is 10.2 Å². The molecule has 7 heteroatoms. The molecule has 1 amide bonds. The second-order valence-electron chi connectivity index (χ2n) is 6.15. The van der Waals surface area contributed by atoms with Crippen LogP contribution >= 0.6 is 11.3 Å². The van der Waals surface area contributed by atoms with Crippen molar-refractivity contribution < 1.29 is 9.18 Å². The lowest BCUT2D eigenvalue weighted by Crippen LogP contribution is -2.10. The second-order valence-corrected chi connectivity index (χ2v) is 7.21. The van der Waals surface area contributed by atoms with Gasteiger partial charge in [0.25, 0.3) is 0 Å². The Morgan fingerprint density at radius 2 is 1.74 bits per heavy atom. The van der Waals surface area contributed by atoms with Crippen LogP contribution in [-0.2, 0) is 17.8 Å².